The van der Waals surface area contributed by atoms with Crippen LogP contribution in [0, 0.1) is 0 Å². The van der Waals surface area contributed by atoms with E-state index < -0.39 is 0 Å². The van der Waals surface area contributed by atoms with E-state index in [0.29, 0.717) is 6.04 Å². The van der Waals surface area contributed by atoms with Crippen molar-refractivity contribution >= 4 is 0 Å². The lowest BCUT2D eigenvalue weighted by Gasteiger charge is -2.28. The molecule has 1 unspecified atom stereocenters. The van der Waals surface area contributed by atoms with Crippen LogP contribution >= 0.6 is 0 Å². The molecule has 1 atom stereocenters. The summed E-state index contributed by atoms with van der Waals surface area (Å²) in [6.07, 6.45) is 5.01. The molecular weight excluding hydrogens is 224 g/mol. The number of nitrogens with zero attached hydrogens (tertiary/aromatic N) is 3. The van der Waals surface area contributed by atoms with Crippen molar-refractivity contribution in [3.05, 3.63) is 30.1 Å². The molecule has 0 radical (unpaired) electrons. The molecule has 1 aliphatic heterocycles. The Balaban J connectivity index is 1.95. The largest absolute Gasteiger partial charge is 0.318 e. The second-order valence-corrected chi connectivity index (χ2v) is 5.14. The first-order chi connectivity index (χ1) is 8.79. The van der Waals surface area contributed by atoms with E-state index in [1.54, 1.807) is 0 Å². The van der Waals surface area contributed by atoms with E-state index in [0.717, 1.165) is 19.6 Å². The summed E-state index contributed by atoms with van der Waals surface area (Å²) in [7, 11) is 4.27. The molecule has 1 aliphatic rings. The van der Waals surface area contributed by atoms with Crippen LogP contribution in [0.2, 0.25) is 0 Å². The molecule has 0 aliphatic carbocycles. The average Bonchev–Trinajstić information content (AvgIpc) is 2.54. The van der Waals surface area contributed by atoms with Crippen LogP contribution in [0.25, 0.3) is 0 Å². The molecule has 0 saturated carbocycles. The average molecular weight is 248 g/mol. The number of nitrogens with one attached hydrogen (secondary N) is 1. The van der Waals surface area contributed by atoms with Crippen LogP contribution in [0.5, 0.6) is 0 Å². The van der Waals surface area contributed by atoms with Gasteiger partial charge in [-0.15, -0.1) is 0 Å². The van der Waals surface area contributed by atoms with E-state index in [1.807, 2.05) is 19.4 Å². The molecule has 0 amide bonds. The van der Waals surface area contributed by atoms with Crippen LogP contribution in [-0.4, -0.2) is 61.1 Å². The third-order valence-corrected chi connectivity index (χ3v) is 3.67. The summed E-state index contributed by atoms with van der Waals surface area (Å²) < 4.78 is 0. The Morgan fingerprint density at radius 2 is 2.11 bits per heavy atom. The predicted octanol–water partition coefficient (Wildman–Crippen LogP) is 0.807. The van der Waals surface area contributed by atoms with Gasteiger partial charge in [-0.3, -0.25) is 9.88 Å². The van der Waals surface area contributed by atoms with Gasteiger partial charge >= 0.3 is 0 Å². The molecule has 0 spiro atoms. The van der Waals surface area contributed by atoms with E-state index >= 15 is 0 Å². The zero-order chi connectivity index (χ0) is 12.8. The Hall–Kier alpha value is -0.970. The molecule has 4 nitrogen and oxygen atoms in total. The summed E-state index contributed by atoms with van der Waals surface area (Å²) in [5.41, 5.74) is 1.36. The van der Waals surface area contributed by atoms with E-state index in [1.165, 1.54) is 25.1 Å². The van der Waals surface area contributed by atoms with Gasteiger partial charge in [0, 0.05) is 38.1 Å². The monoisotopic (exact) mass is 248 g/mol. The summed E-state index contributed by atoms with van der Waals surface area (Å²) in [5.74, 6) is 0. The standard InChI is InChI=1S/C14H24N4/c1-15-10-14-12-18(9-3-8-17(14)2)11-13-4-6-16-7-5-13/h4-7,14-15H,3,8-12H2,1-2H3. The van der Waals surface area contributed by atoms with E-state index in [2.05, 4.69) is 39.3 Å². The van der Waals surface area contributed by atoms with Crippen LogP contribution in [0.15, 0.2) is 24.5 Å². The molecule has 18 heavy (non-hydrogen) atoms. The minimum Gasteiger partial charge on any atom is -0.318 e. The van der Waals surface area contributed by atoms with Crippen molar-refractivity contribution in [2.24, 2.45) is 0 Å². The number of aromatic nitrogens is 1. The third-order valence-electron chi connectivity index (χ3n) is 3.67. The summed E-state index contributed by atoms with van der Waals surface area (Å²) in [5, 5.41) is 3.30. The molecule has 1 fully saturated rings. The molecule has 1 N–H and O–H groups in total. The molecule has 4 heteroatoms. The Morgan fingerprint density at radius 1 is 1.33 bits per heavy atom. The first kappa shape index (κ1) is 13.5. The second kappa shape index (κ2) is 6.83. The summed E-state index contributed by atoms with van der Waals surface area (Å²) in [6, 6.07) is 4.84. The van der Waals surface area contributed by atoms with Crippen molar-refractivity contribution in [3.63, 3.8) is 0 Å². The van der Waals surface area contributed by atoms with E-state index in [9.17, 15) is 0 Å². The van der Waals surface area contributed by atoms with Gasteiger partial charge in [0.2, 0.25) is 0 Å². The third kappa shape index (κ3) is 3.77. The topological polar surface area (TPSA) is 31.4 Å². The van der Waals surface area contributed by atoms with Gasteiger partial charge in [0.1, 0.15) is 0 Å². The first-order valence-corrected chi connectivity index (χ1v) is 6.75. The van der Waals surface area contributed by atoms with Gasteiger partial charge in [0.15, 0.2) is 0 Å². The molecule has 1 aromatic heterocycles. The lowest BCUT2D eigenvalue weighted by atomic mass is 10.2. The summed E-state index contributed by atoms with van der Waals surface area (Å²) in [4.78, 5) is 9.11. The van der Waals surface area contributed by atoms with Crippen molar-refractivity contribution in [2.75, 3.05) is 40.3 Å². The van der Waals surface area contributed by atoms with Gasteiger partial charge in [-0.2, -0.15) is 0 Å². The van der Waals surface area contributed by atoms with E-state index in [4.69, 9.17) is 0 Å². The summed E-state index contributed by atoms with van der Waals surface area (Å²) in [6.45, 7) is 5.62. The molecule has 2 heterocycles. The quantitative estimate of drug-likeness (QED) is 0.854. The number of pyridine rings is 1. The maximum Gasteiger partial charge on any atom is 0.0344 e. The van der Waals surface area contributed by atoms with Gasteiger partial charge in [-0.25, -0.2) is 0 Å². The fourth-order valence-electron chi connectivity index (χ4n) is 2.60. The Morgan fingerprint density at radius 3 is 2.83 bits per heavy atom. The van der Waals surface area contributed by atoms with Crippen LogP contribution in [0.4, 0.5) is 0 Å². The first-order valence-electron chi connectivity index (χ1n) is 6.75. The van der Waals surface area contributed by atoms with Crippen molar-refractivity contribution < 1.29 is 0 Å². The molecular formula is C14H24N4. The van der Waals surface area contributed by atoms with Crippen LogP contribution in [-0.2, 0) is 6.54 Å². The fourth-order valence-corrected chi connectivity index (χ4v) is 2.60. The highest BCUT2D eigenvalue weighted by atomic mass is 15.2. The Kier molecular flexibility index (Phi) is 5.11. The van der Waals surface area contributed by atoms with Crippen LogP contribution < -0.4 is 5.32 Å². The van der Waals surface area contributed by atoms with E-state index in [-0.39, 0.29) is 0 Å². The smallest absolute Gasteiger partial charge is 0.0344 e. The Bertz CT molecular complexity index is 341. The van der Waals surface area contributed by atoms with Gasteiger partial charge in [0.05, 0.1) is 0 Å². The van der Waals surface area contributed by atoms with Crippen molar-refractivity contribution in [1.82, 2.24) is 20.1 Å². The maximum atomic E-state index is 4.08. The van der Waals surface area contributed by atoms with Crippen LogP contribution in [0.1, 0.15) is 12.0 Å². The Labute approximate surface area is 110 Å². The highest BCUT2D eigenvalue weighted by molar-refractivity contribution is 5.09. The lowest BCUT2D eigenvalue weighted by Crippen LogP contribution is -2.44. The SMILES string of the molecule is CNCC1CN(Cc2ccncc2)CCCN1C. The molecule has 1 saturated heterocycles. The number of rotatable bonds is 4. The highest BCUT2D eigenvalue weighted by Crippen LogP contribution is 2.11. The minimum absolute atomic E-state index is 0.610. The molecule has 100 valence electrons. The van der Waals surface area contributed by atoms with Crippen molar-refractivity contribution in [3.8, 4) is 0 Å². The molecule has 0 aromatic carbocycles. The highest BCUT2D eigenvalue weighted by Gasteiger charge is 2.21. The minimum atomic E-state index is 0.610. The number of hydrogen-bond acceptors (Lipinski definition) is 4. The van der Waals surface area contributed by atoms with Gasteiger partial charge in [-0.1, -0.05) is 0 Å². The lowest BCUT2D eigenvalue weighted by molar-refractivity contribution is 0.201. The molecule has 0 bridgehead atoms. The maximum absolute atomic E-state index is 4.08. The van der Waals surface area contributed by atoms with Gasteiger partial charge in [-0.05, 0) is 51.3 Å². The van der Waals surface area contributed by atoms with Gasteiger partial charge < -0.3 is 10.2 Å². The zero-order valence-electron chi connectivity index (χ0n) is 11.5. The predicted molar refractivity (Wildman–Crippen MR) is 74.5 cm³/mol. The second-order valence-electron chi connectivity index (χ2n) is 5.14. The summed E-state index contributed by atoms with van der Waals surface area (Å²) >= 11 is 0. The number of hydrogen-bond donors (Lipinski definition) is 1. The van der Waals surface area contributed by atoms with Crippen LogP contribution in [0.3, 0.4) is 0 Å². The molecule has 1 aromatic rings. The van der Waals surface area contributed by atoms with Crippen molar-refractivity contribution in [1.29, 1.82) is 0 Å². The normalized spacial score (nSPS) is 22.9. The fraction of sp³-hybridized carbons (Fsp3) is 0.643. The number of likely N-dealkylation sites (N-methyl/N-ethyl adjacent to an activating group) is 2. The molecule has 2 rings (SSSR count). The van der Waals surface area contributed by atoms with Crippen molar-refractivity contribution in [2.45, 2.75) is 19.0 Å². The zero-order valence-corrected chi connectivity index (χ0v) is 11.5. The van der Waals surface area contributed by atoms with Gasteiger partial charge in [0.25, 0.3) is 0 Å².